The molecule has 2 unspecified atom stereocenters. The minimum atomic E-state index is 0.158. The Balaban J connectivity index is 1.72. The molecule has 1 saturated heterocycles. The van der Waals surface area contributed by atoms with Crippen molar-refractivity contribution in [1.82, 2.24) is 15.6 Å². The van der Waals surface area contributed by atoms with Crippen molar-refractivity contribution >= 4 is 5.91 Å². The van der Waals surface area contributed by atoms with Gasteiger partial charge in [-0.3, -0.25) is 9.78 Å². The maximum absolute atomic E-state index is 11.8. The number of piperidine rings is 1. The molecule has 1 aliphatic rings. The first kappa shape index (κ1) is 13.0. The maximum Gasteiger partial charge on any atom is 0.220 e. The molecule has 0 saturated carbocycles. The van der Waals surface area contributed by atoms with Crippen LogP contribution in [0.3, 0.4) is 0 Å². The molecule has 2 atom stereocenters. The Morgan fingerprint density at radius 1 is 1.50 bits per heavy atom. The fraction of sp³-hybridized carbons (Fsp3) is 0.571. The normalized spacial score (nSPS) is 23.6. The second-order valence-electron chi connectivity index (χ2n) is 5.00. The number of nitrogens with one attached hydrogen (secondary N) is 2. The predicted molar refractivity (Wildman–Crippen MR) is 71.2 cm³/mol. The highest BCUT2D eigenvalue weighted by Crippen LogP contribution is 2.08. The summed E-state index contributed by atoms with van der Waals surface area (Å²) in [6.07, 6.45) is 6.94. The standard InChI is InChI=1S/C14H21N3O/c1-11-10-13(6-9-16-11)17-14(18)3-2-12-4-7-15-8-5-12/h4-5,7-8,11,13,16H,2-3,6,9-10H2,1H3,(H,17,18). The van der Waals surface area contributed by atoms with Crippen LogP contribution >= 0.6 is 0 Å². The highest BCUT2D eigenvalue weighted by atomic mass is 16.1. The molecule has 2 rings (SSSR count). The van der Waals surface area contributed by atoms with Crippen LogP contribution in [0.5, 0.6) is 0 Å². The average Bonchev–Trinajstić information content (AvgIpc) is 2.38. The zero-order valence-electron chi connectivity index (χ0n) is 10.9. The van der Waals surface area contributed by atoms with Gasteiger partial charge in [0.15, 0.2) is 0 Å². The van der Waals surface area contributed by atoms with E-state index in [1.165, 1.54) is 5.56 Å². The van der Waals surface area contributed by atoms with Gasteiger partial charge in [-0.25, -0.2) is 0 Å². The summed E-state index contributed by atoms with van der Waals surface area (Å²) in [5.74, 6) is 0.158. The molecule has 1 aliphatic heterocycles. The third-order valence-corrected chi connectivity index (χ3v) is 3.38. The van der Waals surface area contributed by atoms with E-state index in [0.29, 0.717) is 18.5 Å². The van der Waals surface area contributed by atoms with Crippen molar-refractivity contribution in [3.8, 4) is 0 Å². The van der Waals surface area contributed by atoms with Crippen LogP contribution in [-0.4, -0.2) is 29.5 Å². The monoisotopic (exact) mass is 247 g/mol. The molecule has 2 N–H and O–H groups in total. The van der Waals surface area contributed by atoms with Gasteiger partial charge in [0.05, 0.1) is 0 Å². The van der Waals surface area contributed by atoms with Crippen molar-refractivity contribution in [3.63, 3.8) is 0 Å². The molecule has 4 heteroatoms. The van der Waals surface area contributed by atoms with E-state index < -0.39 is 0 Å². The average molecular weight is 247 g/mol. The summed E-state index contributed by atoms with van der Waals surface area (Å²) >= 11 is 0. The van der Waals surface area contributed by atoms with Gasteiger partial charge in [-0.2, -0.15) is 0 Å². The Hall–Kier alpha value is -1.42. The molecule has 0 spiro atoms. The number of carbonyl (C=O) groups is 1. The lowest BCUT2D eigenvalue weighted by Crippen LogP contribution is -2.46. The lowest BCUT2D eigenvalue weighted by atomic mass is 10.0. The van der Waals surface area contributed by atoms with Crippen molar-refractivity contribution in [2.75, 3.05) is 6.54 Å². The van der Waals surface area contributed by atoms with Crippen LogP contribution < -0.4 is 10.6 Å². The summed E-state index contributed by atoms with van der Waals surface area (Å²) in [6, 6.07) is 4.76. The highest BCUT2D eigenvalue weighted by molar-refractivity contribution is 5.76. The smallest absolute Gasteiger partial charge is 0.220 e. The van der Waals surface area contributed by atoms with Crippen LogP contribution in [0.1, 0.15) is 31.7 Å². The van der Waals surface area contributed by atoms with Crippen LogP contribution in [0.2, 0.25) is 0 Å². The number of nitrogens with zero attached hydrogens (tertiary/aromatic N) is 1. The number of aromatic nitrogens is 1. The number of hydrogen-bond donors (Lipinski definition) is 2. The van der Waals surface area contributed by atoms with E-state index in [1.807, 2.05) is 12.1 Å². The van der Waals surface area contributed by atoms with E-state index >= 15 is 0 Å². The van der Waals surface area contributed by atoms with Crippen LogP contribution in [0.15, 0.2) is 24.5 Å². The maximum atomic E-state index is 11.8. The zero-order valence-corrected chi connectivity index (χ0v) is 10.9. The Morgan fingerprint density at radius 2 is 2.28 bits per heavy atom. The quantitative estimate of drug-likeness (QED) is 0.842. The molecule has 0 radical (unpaired) electrons. The van der Waals surface area contributed by atoms with Crippen molar-refractivity contribution in [3.05, 3.63) is 30.1 Å². The molecule has 18 heavy (non-hydrogen) atoms. The molecule has 1 amide bonds. The third-order valence-electron chi connectivity index (χ3n) is 3.38. The van der Waals surface area contributed by atoms with Gasteiger partial charge in [0.2, 0.25) is 5.91 Å². The molecular formula is C14H21N3O. The van der Waals surface area contributed by atoms with E-state index in [1.54, 1.807) is 12.4 Å². The largest absolute Gasteiger partial charge is 0.353 e. The lowest BCUT2D eigenvalue weighted by molar-refractivity contribution is -0.122. The molecular weight excluding hydrogens is 226 g/mol. The van der Waals surface area contributed by atoms with Gasteiger partial charge in [0.25, 0.3) is 0 Å². The number of pyridine rings is 1. The summed E-state index contributed by atoms with van der Waals surface area (Å²) in [7, 11) is 0. The Kier molecular flexibility index (Phi) is 4.70. The number of hydrogen-bond acceptors (Lipinski definition) is 3. The summed E-state index contributed by atoms with van der Waals surface area (Å²) in [6.45, 7) is 3.16. The number of aryl methyl sites for hydroxylation is 1. The first-order chi connectivity index (χ1) is 8.74. The van der Waals surface area contributed by atoms with Crippen LogP contribution in [-0.2, 0) is 11.2 Å². The van der Waals surface area contributed by atoms with Crippen LogP contribution in [0.25, 0.3) is 0 Å². The summed E-state index contributed by atoms with van der Waals surface area (Å²) < 4.78 is 0. The number of amides is 1. The van der Waals surface area contributed by atoms with Crippen molar-refractivity contribution in [2.45, 2.75) is 44.7 Å². The molecule has 1 aromatic heterocycles. The SMILES string of the molecule is CC1CC(NC(=O)CCc2ccncc2)CCN1. The summed E-state index contributed by atoms with van der Waals surface area (Å²) in [5.41, 5.74) is 1.17. The first-order valence-electron chi connectivity index (χ1n) is 6.65. The van der Waals surface area contributed by atoms with Gasteiger partial charge in [-0.05, 0) is 50.4 Å². The zero-order chi connectivity index (χ0) is 12.8. The predicted octanol–water partition coefficient (Wildman–Crippen LogP) is 1.27. The van der Waals surface area contributed by atoms with Gasteiger partial charge >= 0.3 is 0 Å². The molecule has 4 nitrogen and oxygen atoms in total. The topological polar surface area (TPSA) is 54.0 Å². The van der Waals surface area contributed by atoms with Crippen molar-refractivity contribution in [2.24, 2.45) is 0 Å². The van der Waals surface area contributed by atoms with Crippen molar-refractivity contribution < 1.29 is 4.79 Å². The first-order valence-corrected chi connectivity index (χ1v) is 6.65. The second-order valence-corrected chi connectivity index (χ2v) is 5.00. The minimum Gasteiger partial charge on any atom is -0.353 e. The Morgan fingerprint density at radius 3 is 3.00 bits per heavy atom. The second kappa shape index (κ2) is 6.50. The van der Waals surface area contributed by atoms with E-state index in [0.717, 1.165) is 25.8 Å². The highest BCUT2D eigenvalue weighted by Gasteiger charge is 2.19. The molecule has 1 aromatic rings. The fourth-order valence-corrected chi connectivity index (χ4v) is 2.37. The van der Waals surface area contributed by atoms with E-state index in [4.69, 9.17) is 0 Å². The van der Waals surface area contributed by atoms with Gasteiger partial charge in [-0.1, -0.05) is 0 Å². The molecule has 1 fully saturated rings. The molecule has 0 aromatic carbocycles. The minimum absolute atomic E-state index is 0.158. The number of rotatable bonds is 4. The summed E-state index contributed by atoms with van der Waals surface area (Å²) in [5, 5.41) is 6.51. The third kappa shape index (κ3) is 4.11. The Bertz CT molecular complexity index is 380. The van der Waals surface area contributed by atoms with Crippen LogP contribution in [0.4, 0.5) is 0 Å². The molecule has 0 bridgehead atoms. The van der Waals surface area contributed by atoms with Crippen molar-refractivity contribution in [1.29, 1.82) is 0 Å². The lowest BCUT2D eigenvalue weighted by Gasteiger charge is -2.28. The molecule has 2 heterocycles. The van der Waals surface area contributed by atoms with E-state index in [-0.39, 0.29) is 5.91 Å². The fourth-order valence-electron chi connectivity index (χ4n) is 2.37. The van der Waals surface area contributed by atoms with Gasteiger partial charge in [-0.15, -0.1) is 0 Å². The van der Waals surface area contributed by atoms with E-state index in [2.05, 4.69) is 22.5 Å². The van der Waals surface area contributed by atoms with Gasteiger partial charge < -0.3 is 10.6 Å². The molecule has 0 aliphatic carbocycles. The summed E-state index contributed by atoms with van der Waals surface area (Å²) in [4.78, 5) is 15.8. The van der Waals surface area contributed by atoms with Gasteiger partial charge in [0.1, 0.15) is 0 Å². The Labute approximate surface area is 108 Å². The number of carbonyl (C=O) groups excluding carboxylic acids is 1. The molecule has 98 valence electrons. The van der Waals surface area contributed by atoms with Gasteiger partial charge in [0, 0.05) is 30.9 Å². The van der Waals surface area contributed by atoms with E-state index in [9.17, 15) is 4.79 Å². The van der Waals surface area contributed by atoms with Crippen LogP contribution in [0, 0.1) is 0 Å².